The molecule has 84 valence electrons. The van der Waals surface area contributed by atoms with Gasteiger partial charge in [-0.05, 0) is 36.1 Å². The number of nitrogens with zero attached hydrogens (tertiary/aromatic N) is 1. The van der Waals surface area contributed by atoms with E-state index in [0.29, 0.717) is 12.6 Å². The van der Waals surface area contributed by atoms with Gasteiger partial charge in [0.15, 0.2) is 0 Å². The Morgan fingerprint density at radius 3 is 3.06 bits per heavy atom. The number of ether oxygens (including phenoxy) is 2. The second-order valence-electron chi connectivity index (χ2n) is 4.29. The molecule has 0 fully saturated rings. The van der Waals surface area contributed by atoms with Gasteiger partial charge in [0.05, 0.1) is 7.11 Å². The Labute approximate surface area is 94.1 Å². The van der Waals surface area contributed by atoms with Crippen LogP contribution in [0.2, 0.25) is 0 Å². The quantitative estimate of drug-likeness (QED) is 0.770. The average Bonchev–Trinajstić information content (AvgIpc) is 2.85. The van der Waals surface area contributed by atoms with Crippen molar-refractivity contribution in [1.29, 1.82) is 0 Å². The van der Waals surface area contributed by atoms with Gasteiger partial charge in [-0.25, -0.2) is 4.99 Å². The van der Waals surface area contributed by atoms with E-state index >= 15 is 0 Å². The number of fused-ring (bicyclic) bond motifs is 2. The van der Waals surface area contributed by atoms with Crippen molar-refractivity contribution in [1.82, 2.24) is 0 Å². The van der Waals surface area contributed by atoms with Crippen LogP contribution in [0, 0.1) is 0 Å². The third-order valence-electron chi connectivity index (χ3n) is 3.41. The van der Waals surface area contributed by atoms with Gasteiger partial charge < -0.3 is 15.2 Å². The summed E-state index contributed by atoms with van der Waals surface area (Å²) in [5.74, 6) is 0.862. The van der Waals surface area contributed by atoms with Crippen molar-refractivity contribution in [3.8, 4) is 5.75 Å². The van der Waals surface area contributed by atoms with Gasteiger partial charge in [0.2, 0.25) is 0 Å². The Morgan fingerprint density at radius 2 is 2.38 bits per heavy atom. The van der Waals surface area contributed by atoms with Crippen LogP contribution < -0.4 is 10.5 Å². The van der Waals surface area contributed by atoms with Gasteiger partial charge in [0, 0.05) is 0 Å². The molecule has 1 aromatic carbocycles. The lowest BCUT2D eigenvalue weighted by Gasteiger charge is -2.18. The zero-order chi connectivity index (χ0) is 11.2. The lowest BCUT2D eigenvalue weighted by molar-refractivity contribution is 0.253. The Morgan fingerprint density at radius 1 is 1.50 bits per heavy atom. The van der Waals surface area contributed by atoms with E-state index in [1.807, 2.05) is 12.1 Å². The molecule has 0 amide bonds. The zero-order valence-electron chi connectivity index (χ0n) is 9.19. The van der Waals surface area contributed by atoms with E-state index in [1.54, 1.807) is 7.11 Å². The summed E-state index contributed by atoms with van der Waals surface area (Å²) in [5.41, 5.74) is 7.88. The Balaban J connectivity index is 2.11. The van der Waals surface area contributed by atoms with E-state index in [1.165, 1.54) is 11.1 Å². The molecule has 16 heavy (non-hydrogen) atoms. The molecule has 1 heterocycles. The van der Waals surface area contributed by atoms with Crippen LogP contribution in [0.1, 0.15) is 17.5 Å². The summed E-state index contributed by atoms with van der Waals surface area (Å²) in [4.78, 5) is 4.45. The number of aliphatic imine (C=N–C) groups is 1. The molecule has 4 nitrogen and oxygen atoms in total. The molecule has 3 rings (SSSR count). The summed E-state index contributed by atoms with van der Waals surface area (Å²) >= 11 is 0. The third-order valence-corrected chi connectivity index (χ3v) is 3.41. The minimum atomic E-state index is -0.256. The maximum Gasteiger partial charge on any atom is 0.283 e. The van der Waals surface area contributed by atoms with E-state index < -0.39 is 0 Å². The second kappa shape index (κ2) is 3.14. The predicted molar refractivity (Wildman–Crippen MR) is 60.6 cm³/mol. The molecule has 0 radical (unpaired) electrons. The molecular formula is C12H14N2O2. The van der Waals surface area contributed by atoms with E-state index in [-0.39, 0.29) is 5.54 Å². The average molecular weight is 218 g/mol. The van der Waals surface area contributed by atoms with Crippen molar-refractivity contribution >= 4 is 6.02 Å². The fourth-order valence-electron chi connectivity index (χ4n) is 2.54. The highest BCUT2D eigenvalue weighted by Crippen LogP contribution is 2.43. The van der Waals surface area contributed by atoms with Gasteiger partial charge in [-0.1, -0.05) is 6.07 Å². The van der Waals surface area contributed by atoms with Crippen LogP contribution in [0.4, 0.5) is 0 Å². The van der Waals surface area contributed by atoms with Gasteiger partial charge in [-0.3, -0.25) is 0 Å². The summed E-state index contributed by atoms with van der Waals surface area (Å²) in [5, 5.41) is 0. The fourth-order valence-corrected chi connectivity index (χ4v) is 2.54. The normalized spacial score (nSPS) is 26.4. The highest BCUT2D eigenvalue weighted by Gasteiger charge is 2.43. The van der Waals surface area contributed by atoms with Gasteiger partial charge >= 0.3 is 0 Å². The number of hydrogen-bond acceptors (Lipinski definition) is 4. The van der Waals surface area contributed by atoms with Crippen LogP contribution >= 0.6 is 0 Å². The summed E-state index contributed by atoms with van der Waals surface area (Å²) in [6, 6.07) is 6.44. The monoisotopic (exact) mass is 218 g/mol. The number of amidine groups is 1. The van der Waals surface area contributed by atoms with E-state index in [4.69, 9.17) is 15.2 Å². The first-order valence-corrected chi connectivity index (χ1v) is 5.39. The molecule has 1 aliphatic carbocycles. The number of hydrogen-bond donors (Lipinski definition) is 1. The van der Waals surface area contributed by atoms with Crippen LogP contribution in [0.5, 0.6) is 5.75 Å². The van der Waals surface area contributed by atoms with Crippen molar-refractivity contribution in [2.24, 2.45) is 10.7 Å². The summed E-state index contributed by atoms with van der Waals surface area (Å²) in [6.07, 6.45) is 2.00. The van der Waals surface area contributed by atoms with E-state index in [9.17, 15) is 0 Å². The molecular weight excluding hydrogens is 204 g/mol. The van der Waals surface area contributed by atoms with Gasteiger partial charge in [-0.15, -0.1) is 0 Å². The third kappa shape index (κ3) is 1.19. The van der Waals surface area contributed by atoms with Crippen molar-refractivity contribution < 1.29 is 9.47 Å². The molecule has 1 aromatic rings. The van der Waals surface area contributed by atoms with E-state index in [0.717, 1.165) is 18.6 Å². The molecule has 0 saturated heterocycles. The molecule has 2 N–H and O–H groups in total. The number of aryl methyl sites for hydroxylation is 1. The van der Waals surface area contributed by atoms with Crippen molar-refractivity contribution in [3.63, 3.8) is 0 Å². The molecule has 2 aliphatic rings. The zero-order valence-corrected chi connectivity index (χ0v) is 9.19. The standard InChI is InChI=1S/C12H14N2O2/c1-15-9-3-2-8-4-5-12(10(8)6-9)7-16-11(13)14-12/h2-3,6H,4-5,7H2,1H3,(H2,13,14). The fraction of sp³-hybridized carbons (Fsp3) is 0.417. The molecule has 4 heteroatoms. The summed E-state index contributed by atoms with van der Waals surface area (Å²) < 4.78 is 10.6. The van der Waals surface area contributed by atoms with Gasteiger partial charge in [-0.2, -0.15) is 0 Å². The minimum Gasteiger partial charge on any atom is -0.497 e. The Bertz CT molecular complexity index is 470. The highest BCUT2D eigenvalue weighted by molar-refractivity contribution is 5.74. The summed E-state index contributed by atoms with van der Waals surface area (Å²) in [7, 11) is 1.67. The van der Waals surface area contributed by atoms with Gasteiger partial charge in [0.25, 0.3) is 6.02 Å². The van der Waals surface area contributed by atoms with Gasteiger partial charge in [0.1, 0.15) is 17.9 Å². The molecule has 1 unspecified atom stereocenters. The topological polar surface area (TPSA) is 56.8 Å². The van der Waals surface area contributed by atoms with Crippen LogP contribution in [0.25, 0.3) is 0 Å². The molecule has 0 aromatic heterocycles. The smallest absolute Gasteiger partial charge is 0.283 e. The maximum atomic E-state index is 5.61. The minimum absolute atomic E-state index is 0.256. The molecule has 1 spiro atoms. The molecule has 0 saturated carbocycles. The lowest BCUT2D eigenvalue weighted by Crippen LogP contribution is -2.21. The number of benzene rings is 1. The number of methoxy groups -OCH3 is 1. The van der Waals surface area contributed by atoms with Crippen LogP contribution in [0.15, 0.2) is 23.2 Å². The first-order valence-electron chi connectivity index (χ1n) is 5.39. The predicted octanol–water partition coefficient (Wildman–Crippen LogP) is 1.18. The van der Waals surface area contributed by atoms with Crippen molar-refractivity contribution in [3.05, 3.63) is 29.3 Å². The van der Waals surface area contributed by atoms with Crippen LogP contribution in [0.3, 0.4) is 0 Å². The first-order chi connectivity index (χ1) is 7.73. The van der Waals surface area contributed by atoms with Crippen LogP contribution in [-0.4, -0.2) is 19.7 Å². The van der Waals surface area contributed by atoms with Crippen LogP contribution in [-0.2, 0) is 16.7 Å². The van der Waals surface area contributed by atoms with E-state index in [2.05, 4.69) is 11.1 Å². The maximum absolute atomic E-state index is 5.61. The Hall–Kier alpha value is -1.71. The first kappa shape index (κ1) is 9.51. The van der Waals surface area contributed by atoms with Crippen molar-refractivity contribution in [2.45, 2.75) is 18.4 Å². The lowest BCUT2D eigenvalue weighted by atomic mass is 9.94. The highest BCUT2D eigenvalue weighted by atomic mass is 16.5. The molecule has 1 aliphatic heterocycles. The number of nitrogens with two attached hydrogens (primary N) is 1. The second-order valence-corrected chi connectivity index (χ2v) is 4.29. The molecule has 0 bridgehead atoms. The largest absolute Gasteiger partial charge is 0.497 e. The Kier molecular flexibility index (Phi) is 1.87. The molecule has 1 atom stereocenters. The number of rotatable bonds is 1. The van der Waals surface area contributed by atoms with Crippen molar-refractivity contribution in [2.75, 3.05) is 13.7 Å². The summed E-state index contributed by atoms with van der Waals surface area (Å²) in [6.45, 7) is 0.555. The SMILES string of the molecule is COc1ccc2c(c1)C1(CC2)COC(N)=N1.